The first kappa shape index (κ1) is 11.9. The van der Waals surface area contributed by atoms with E-state index in [-0.39, 0.29) is 0 Å². The van der Waals surface area contributed by atoms with E-state index in [2.05, 4.69) is 46.9 Å². The van der Waals surface area contributed by atoms with Crippen molar-refractivity contribution in [3.8, 4) is 5.75 Å². The normalized spacial score (nSPS) is 11.9. The second-order valence-corrected chi connectivity index (χ2v) is 5.46. The van der Waals surface area contributed by atoms with Crippen molar-refractivity contribution in [3.63, 3.8) is 0 Å². The Labute approximate surface area is 127 Å². The zero-order valence-corrected chi connectivity index (χ0v) is 11.7. The lowest BCUT2D eigenvalue weighted by Crippen LogP contribution is -1.99. The lowest BCUT2D eigenvalue weighted by Gasteiger charge is -2.02. The molecule has 103 valence electrons. The molecule has 0 unspecified atom stereocenters. The summed E-state index contributed by atoms with van der Waals surface area (Å²) in [5.41, 5.74) is 3.52. The SMILES string of the molecule is O[B]Oc1ccc2c3cccc4c5ccccc5n(c2c1)c43. The maximum absolute atomic E-state index is 8.87. The fraction of sp³-hybridized carbons (Fsp3) is 0. The molecule has 22 heavy (non-hydrogen) atoms. The molecule has 0 bridgehead atoms. The van der Waals surface area contributed by atoms with Crippen LogP contribution in [0.2, 0.25) is 0 Å². The highest BCUT2D eigenvalue weighted by Crippen LogP contribution is 2.39. The van der Waals surface area contributed by atoms with Crippen molar-refractivity contribution < 1.29 is 9.68 Å². The molecule has 4 heteroatoms. The van der Waals surface area contributed by atoms with Gasteiger partial charge in [-0.05, 0) is 18.2 Å². The summed E-state index contributed by atoms with van der Waals surface area (Å²) in [7, 11) is 0.715. The fourth-order valence-corrected chi connectivity index (χ4v) is 3.54. The predicted octanol–water partition coefficient (Wildman–Crippen LogP) is 3.74. The molecule has 0 atom stereocenters. The third-order valence-corrected chi connectivity index (χ3v) is 4.38. The highest BCUT2D eigenvalue weighted by molar-refractivity contribution is 6.23. The van der Waals surface area contributed by atoms with E-state index < -0.39 is 0 Å². The molecule has 2 aromatic heterocycles. The van der Waals surface area contributed by atoms with E-state index in [1.165, 1.54) is 32.6 Å². The summed E-state index contributed by atoms with van der Waals surface area (Å²) < 4.78 is 7.41. The average Bonchev–Trinajstić information content (AvgIpc) is 3.06. The number of nitrogens with zero attached hydrogens (tertiary/aromatic N) is 1. The minimum Gasteiger partial charge on any atom is -0.537 e. The van der Waals surface area contributed by atoms with Crippen molar-refractivity contribution in [3.05, 3.63) is 60.7 Å². The maximum atomic E-state index is 8.87. The molecule has 1 N–H and O–H groups in total. The molecular weight excluding hydrogens is 273 g/mol. The molecule has 5 aromatic rings. The summed E-state index contributed by atoms with van der Waals surface area (Å²) in [6.45, 7) is 0. The Hall–Kier alpha value is -2.72. The van der Waals surface area contributed by atoms with Crippen LogP contribution >= 0.6 is 0 Å². The molecule has 0 amide bonds. The van der Waals surface area contributed by atoms with Gasteiger partial charge in [-0.15, -0.1) is 0 Å². The topological polar surface area (TPSA) is 33.9 Å². The minimum atomic E-state index is 0.625. The predicted molar refractivity (Wildman–Crippen MR) is 89.7 cm³/mol. The third-order valence-electron chi connectivity index (χ3n) is 4.38. The van der Waals surface area contributed by atoms with E-state index in [1.807, 2.05) is 18.2 Å². The molecule has 0 aliphatic heterocycles. The van der Waals surface area contributed by atoms with Gasteiger partial charge in [-0.1, -0.05) is 36.4 Å². The van der Waals surface area contributed by atoms with Crippen LogP contribution in [0.25, 0.3) is 38.1 Å². The maximum Gasteiger partial charge on any atom is 0.569 e. The van der Waals surface area contributed by atoms with Crippen LogP contribution in [0.5, 0.6) is 5.75 Å². The van der Waals surface area contributed by atoms with Crippen LogP contribution < -0.4 is 4.65 Å². The smallest absolute Gasteiger partial charge is 0.537 e. The van der Waals surface area contributed by atoms with Gasteiger partial charge in [0, 0.05) is 27.6 Å². The summed E-state index contributed by atoms with van der Waals surface area (Å²) in [5, 5.41) is 13.8. The van der Waals surface area contributed by atoms with Crippen molar-refractivity contribution in [2.24, 2.45) is 0 Å². The van der Waals surface area contributed by atoms with Crippen molar-refractivity contribution in [1.29, 1.82) is 0 Å². The summed E-state index contributed by atoms with van der Waals surface area (Å²) >= 11 is 0. The van der Waals surface area contributed by atoms with Gasteiger partial charge in [0.05, 0.1) is 16.6 Å². The van der Waals surface area contributed by atoms with Crippen LogP contribution in [0.1, 0.15) is 0 Å². The van der Waals surface area contributed by atoms with Gasteiger partial charge in [0.2, 0.25) is 0 Å². The first-order valence-corrected chi connectivity index (χ1v) is 7.18. The molecule has 0 aliphatic rings. The van der Waals surface area contributed by atoms with Crippen LogP contribution in [0, 0.1) is 0 Å². The van der Waals surface area contributed by atoms with Gasteiger partial charge in [0.25, 0.3) is 0 Å². The summed E-state index contributed by atoms with van der Waals surface area (Å²) in [6.07, 6.45) is 0. The first-order chi connectivity index (χ1) is 10.9. The van der Waals surface area contributed by atoms with Crippen LogP contribution in [0.15, 0.2) is 60.7 Å². The highest BCUT2D eigenvalue weighted by Gasteiger charge is 2.16. The standard InChI is InChI=1S/C18H11BNO2/c21-19-22-11-8-9-13-15-6-3-5-14-12-4-1-2-7-16(12)20(18(14)15)17(13)10-11/h1-10,21H. The molecule has 1 radical (unpaired) electrons. The fourth-order valence-electron chi connectivity index (χ4n) is 3.54. The average molecular weight is 284 g/mol. The molecule has 0 aliphatic carbocycles. The van der Waals surface area contributed by atoms with Gasteiger partial charge in [-0.2, -0.15) is 0 Å². The van der Waals surface area contributed by atoms with Crippen LogP contribution in [0.3, 0.4) is 0 Å². The molecule has 0 saturated heterocycles. The van der Waals surface area contributed by atoms with E-state index in [4.69, 9.17) is 9.68 Å². The van der Waals surface area contributed by atoms with Gasteiger partial charge in [0.15, 0.2) is 0 Å². The van der Waals surface area contributed by atoms with E-state index in [0.717, 1.165) is 5.52 Å². The van der Waals surface area contributed by atoms with E-state index in [1.54, 1.807) is 0 Å². The largest absolute Gasteiger partial charge is 0.569 e. The van der Waals surface area contributed by atoms with Crippen molar-refractivity contribution in [2.75, 3.05) is 0 Å². The Balaban J connectivity index is 2.09. The zero-order valence-electron chi connectivity index (χ0n) is 11.7. The van der Waals surface area contributed by atoms with Crippen LogP contribution in [0.4, 0.5) is 0 Å². The second-order valence-electron chi connectivity index (χ2n) is 5.46. The van der Waals surface area contributed by atoms with Crippen molar-refractivity contribution in [1.82, 2.24) is 4.40 Å². The molecule has 0 spiro atoms. The number of rotatable bonds is 2. The van der Waals surface area contributed by atoms with Gasteiger partial charge >= 0.3 is 7.69 Å². The van der Waals surface area contributed by atoms with Crippen molar-refractivity contribution >= 4 is 45.8 Å². The molecule has 3 nitrogen and oxygen atoms in total. The van der Waals surface area contributed by atoms with Gasteiger partial charge in [-0.25, -0.2) is 0 Å². The Kier molecular flexibility index (Phi) is 2.24. The van der Waals surface area contributed by atoms with Crippen LogP contribution in [-0.2, 0) is 0 Å². The highest BCUT2D eigenvalue weighted by atomic mass is 16.5. The Morgan fingerprint density at radius 2 is 1.50 bits per heavy atom. The Morgan fingerprint density at radius 3 is 2.32 bits per heavy atom. The van der Waals surface area contributed by atoms with Gasteiger partial charge < -0.3 is 14.1 Å². The Morgan fingerprint density at radius 1 is 0.773 bits per heavy atom. The van der Waals surface area contributed by atoms with Crippen LogP contribution in [-0.4, -0.2) is 17.1 Å². The monoisotopic (exact) mass is 284 g/mol. The van der Waals surface area contributed by atoms with Gasteiger partial charge in [0.1, 0.15) is 5.75 Å². The number of hydrogen-bond acceptors (Lipinski definition) is 2. The molecular formula is C18H11BNO2. The summed E-state index contributed by atoms with van der Waals surface area (Å²) in [5.74, 6) is 0.625. The third kappa shape index (κ3) is 1.35. The molecule has 2 heterocycles. The zero-order chi connectivity index (χ0) is 14.7. The quantitative estimate of drug-likeness (QED) is 0.501. The number of aromatic nitrogens is 1. The van der Waals surface area contributed by atoms with Crippen molar-refractivity contribution in [2.45, 2.75) is 0 Å². The number of hydrogen-bond donors (Lipinski definition) is 1. The summed E-state index contributed by atoms with van der Waals surface area (Å²) in [6, 6.07) is 20.7. The van der Waals surface area contributed by atoms with Gasteiger partial charge in [-0.3, -0.25) is 0 Å². The summed E-state index contributed by atoms with van der Waals surface area (Å²) in [4.78, 5) is 0. The number of fused-ring (bicyclic) bond motifs is 6. The lowest BCUT2D eigenvalue weighted by molar-refractivity contribution is 0.454. The second kappa shape index (κ2) is 4.15. The molecule has 5 rings (SSSR count). The minimum absolute atomic E-state index is 0.625. The molecule has 0 fully saturated rings. The molecule has 0 saturated carbocycles. The first-order valence-electron chi connectivity index (χ1n) is 7.18. The molecule has 3 aromatic carbocycles. The lowest BCUT2D eigenvalue weighted by atomic mass is 10.1. The Bertz CT molecular complexity index is 1150. The van der Waals surface area contributed by atoms with E-state index in [0.29, 0.717) is 13.4 Å². The van der Waals surface area contributed by atoms with E-state index >= 15 is 0 Å². The van der Waals surface area contributed by atoms with E-state index in [9.17, 15) is 0 Å². The number of benzene rings is 3. The number of para-hydroxylation sites is 2.